The summed E-state index contributed by atoms with van der Waals surface area (Å²) in [6.07, 6.45) is 6.01. The van der Waals surface area contributed by atoms with E-state index < -0.39 is 41.2 Å². The van der Waals surface area contributed by atoms with Crippen molar-refractivity contribution in [3.05, 3.63) is 41.5 Å². The maximum atomic E-state index is 14.7. The minimum Gasteiger partial charge on any atom is -0.432 e. The molecular weight excluding hydrogens is 565 g/mol. The van der Waals surface area contributed by atoms with Gasteiger partial charge in [-0.3, -0.25) is 0 Å². The molecule has 0 spiro atoms. The summed E-state index contributed by atoms with van der Waals surface area (Å²) in [5, 5.41) is 0.810. The summed E-state index contributed by atoms with van der Waals surface area (Å²) in [5.41, 5.74) is -2.12. The van der Waals surface area contributed by atoms with Crippen molar-refractivity contribution in [2.24, 2.45) is 29.6 Å². The third-order valence-electron chi connectivity index (χ3n) is 8.80. The van der Waals surface area contributed by atoms with Crippen LogP contribution in [0.1, 0.15) is 89.5 Å². The summed E-state index contributed by atoms with van der Waals surface area (Å²) in [7, 11) is 0. The van der Waals surface area contributed by atoms with Crippen LogP contribution in [0.25, 0.3) is 0 Å². The Morgan fingerprint density at radius 2 is 1.22 bits per heavy atom. The average molecular weight is 605 g/mol. The average Bonchev–Trinajstić information content (AvgIpc) is 2.91. The number of rotatable bonds is 7. The molecule has 0 N–H and O–H groups in total. The lowest BCUT2D eigenvalue weighted by Gasteiger charge is -2.32. The van der Waals surface area contributed by atoms with Crippen molar-refractivity contribution in [2.45, 2.75) is 102 Å². The number of hydrogen-bond acceptors (Lipinski definition) is 2. The Bertz CT molecular complexity index is 1060. The molecule has 0 amide bonds. The normalized spacial score (nSPS) is 29.7. The van der Waals surface area contributed by atoms with E-state index in [1.54, 1.807) is 0 Å². The van der Waals surface area contributed by atoms with Crippen molar-refractivity contribution in [3.8, 4) is 17.6 Å². The summed E-state index contributed by atoms with van der Waals surface area (Å²) >= 11 is 2.07. The Morgan fingerprint density at radius 3 is 1.68 bits per heavy atom. The first-order valence-electron chi connectivity index (χ1n) is 14.9. The molecule has 1 aromatic rings. The standard InChI is InChI=1S/C32H39F7OS/c1-2-41-27-17-13-24(14-18-27)10-8-22-5-3-21(4-6-22)7-9-23-11-15-25(16-12-23)32(38,39)40-26-19-28(33)30(29(34)20-26)31(35,36)37/h7,9,19-25,27H,2-6,11-18H2,1H3/b9-7+. The van der Waals surface area contributed by atoms with Gasteiger partial charge in [-0.05, 0) is 94.6 Å². The van der Waals surface area contributed by atoms with Gasteiger partial charge in [0.15, 0.2) is 0 Å². The Labute approximate surface area is 243 Å². The van der Waals surface area contributed by atoms with Gasteiger partial charge in [-0.1, -0.05) is 30.9 Å². The maximum Gasteiger partial charge on any atom is 0.422 e. The van der Waals surface area contributed by atoms with E-state index in [1.807, 2.05) is 0 Å². The summed E-state index contributed by atoms with van der Waals surface area (Å²) in [4.78, 5) is 0. The third-order valence-corrected chi connectivity index (χ3v) is 10.1. The van der Waals surface area contributed by atoms with Crippen LogP contribution in [0.15, 0.2) is 24.3 Å². The molecule has 9 heteroatoms. The highest BCUT2D eigenvalue weighted by atomic mass is 32.2. The lowest BCUT2D eigenvalue weighted by Crippen LogP contribution is -2.37. The molecule has 1 nitrogen and oxygen atoms in total. The van der Waals surface area contributed by atoms with Crippen molar-refractivity contribution in [3.63, 3.8) is 0 Å². The minimum atomic E-state index is -5.28. The van der Waals surface area contributed by atoms with Gasteiger partial charge in [-0.25, -0.2) is 8.78 Å². The largest absolute Gasteiger partial charge is 0.432 e. The molecular formula is C32H39F7OS. The first-order chi connectivity index (χ1) is 19.4. The molecule has 41 heavy (non-hydrogen) atoms. The van der Waals surface area contributed by atoms with E-state index in [-0.39, 0.29) is 30.9 Å². The summed E-state index contributed by atoms with van der Waals surface area (Å²) in [6.45, 7) is 2.22. The highest BCUT2D eigenvalue weighted by molar-refractivity contribution is 7.99. The van der Waals surface area contributed by atoms with Crippen LogP contribution in [0.2, 0.25) is 0 Å². The molecule has 3 aliphatic rings. The Hall–Kier alpha value is -1.82. The molecule has 0 heterocycles. The van der Waals surface area contributed by atoms with Gasteiger partial charge in [0.05, 0.1) is 5.92 Å². The second-order valence-electron chi connectivity index (χ2n) is 11.7. The van der Waals surface area contributed by atoms with Gasteiger partial charge in [0.1, 0.15) is 22.9 Å². The maximum absolute atomic E-state index is 14.7. The van der Waals surface area contributed by atoms with Crippen LogP contribution in [-0.4, -0.2) is 17.1 Å². The first kappa shape index (κ1) is 32.1. The number of halogens is 7. The van der Waals surface area contributed by atoms with E-state index in [4.69, 9.17) is 0 Å². The predicted octanol–water partition coefficient (Wildman–Crippen LogP) is 10.4. The zero-order chi connectivity index (χ0) is 29.6. The molecule has 0 saturated heterocycles. The zero-order valence-corrected chi connectivity index (χ0v) is 24.2. The van der Waals surface area contributed by atoms with Crippen molar-refractivity contribution < 1.29 is 35.5 Å². The SMILES string of the molecule is CCSC1CCC(C#CC2CCC(/C=C/C3CCC(C(F)(F)Oc4cc(F)c(C(F)(F)F)c(F)c4)CC3)CC2)CC1. The van der Waals surface area contributed by atoms with Crippen LogP contribution in [0.3, 0.4) is 0 Å². The van der Waals surface area contributed by atoms with Crippen LogP contribution in [0.5, 0.6) is 5.75 Å². The first-order valence-corrected chi connectivity index (χ1v) is 15.9. The highest BCUT2D eigenvalue weighted by Crippen LogP contribution is 2.42. The van der Waals surface area contributed by atoms with Crippen LogP contribution in [0, 0.1) is 53.1 Å². The minimum absolute atomic E-state index is 0.148. The summed E-state index contributed by atoms with van der Waals surface area (Å²) in [5.74, 6) is 3.85. The van der Waals surface area contributed by atoms with Crippen LogP contribution >= 0.6 is 11.8 Å². The molecule has 0 atom stereocenters. The third kappa shape index (κ3) is 9.08. The molecule has 4 rings (SSSR count). The fraction of sp³-hybridized carbons (Fsp3) is 0.688. The fourth-order valence-electron chi connectivity index (χ4n) is 6.38. The molecule has 0 unspecified atom stereocenters. The Morgan fingerprint density at radius 1 is 0.756 bits per heavy atom. The molecule has 3 saturated carbocycles. The van der Waals surface area contributed by atoms with Gasteiger partial charge in [0.2, 0.25) is 0 Å². The van der Waals surface area contributed by atoms with Gasteiger partial charge in [-0.2, -0.15) is 33.7 Å². The molecule has 228 valence electrons. The Balaban J connectivity index is 1.19. The van der Waals surface area contributed by atoms with Gasteiger partial charge in [0.25, 0.3) is 0 Å². The van der Waals surface area contributed by atoms with E-state index in [0.717, 1.165) is 30.9 Å². The van der Waals surface area contributed by atoms with E-state index in [1.165, 1.54) is 31.4 Å². The van der Waals surface area contributed by atoms with E-state index in [0.29, 0.717) is 30.6 Å². The summed E-state index contributed by atoms with van der Waals surface area (Å²) < 4.78 is 99.8. The predicted molar refractivity (Wildman–Crippen MR) is 149 cm³/mol. The second kappa shape index (κ2) is 14.1. The molecule has 3 fully saturated rings. The lowest BCUT2D eigenvalue weighted by atomic mass is 9.78. The lowest BCUT2D eigenvalue weighted by molar-refractivity contribution is -0.223. The van der Waals surface area contributed by atoms with Gasteiger partial charge in [-0.15, -0.1) is 0 Å². The molecule has 1 aromatic carbocycles. The summed E-state index contributed by atoms with van der Waals surface area (Å²) in [6, 6.07) is 0.318. The van der Waals surface area contributed by atoms with E-state index >= 15 is 0 Å². The van der Waals surface area contributed by atoms with Crippen molar-refractivity contribution in [2.75, 3.05) is 5.75 Å². The second-order valence-corrected chi connectivity index (χ2v) is 13.3. The van der Waals surface area contributed by atoms with Crippen molar-refractivity contribution in [1.82, 2.24) is 0 Å². The molecule has 0 bridgehead atoms. The van der Waals surface area contributed by atoms with E-state index in [9.17, 15) is 30.7 Å². The number of thioether (sulfide) groups is 1. The number of ether oxygens (including phenoxy) is 1. The van der Waals surface area contributed by atoms with Gasteiger partial charge < -0.3 is 4.74 Å². The number of alkyl halides is 5. The van der Waals surface area contributed by atoms with Crippen molar-refractivity contribution in [1.29, 1.82) is 0 Å². The van der Waals surface area contributed by atoms with Crippen molar-refractivity contribution >= 4 is 11.8 Å². The molecule has 0 radical (unpaired) electrons. The van der Waals surface area contributed by atoms with Crippen LogP contribution in [0.4, 0.5) is 30.7 Å². The fourth-order valence-corrected chi connectivity index (χ4v) is 7.46. The molecule has 3 aliphatic carbocycles. The smallest absolute Gasteiger partial charge is 0.422 e. The van der Waals surface area contributed by atoms with E-state index in [2.05, 4.69) is 47.4 Å². The highest BCUT2D eigenvalue weighted by Gasteiger charge is 2.45. The van der Waals surface area contributed by atoms with Gasteiger partial charge >= 0.3 is 12.3 Å². The molecule has 0 aromatic heterocycles. The topological polar surface area (TPSA) is 9.23 Å². The molecule has 0 aliphatic heterocycles. The Kier molecular flexibility index (Phi) is 11.0. The van der Waals surface area contributed by atoms with Crippen LogP contribution < -0.4 is 4.74 Å². The number of benzene rings is 1. The number of allylic oxidation sites excluding steroid dienone is 2. The van der Waals surface area contributed by atoms with Crippen LogP contribution in [-0.2, 0) is 6.18 Å². The van der Waals surface area contributed by atoms with Gasteiger partial charge in [0, 0.05) is 29.2 Å². The number of hydrogen-bond donors (Lipinski definition) is 0. The monoisotopic (exact) mass is 604 g/mol. The quantitative estimate of drug-likeness (QED) is 0.174. The zero-order valence-electron chi connectivity index (χ0n) is 23.4.